The maximum absolute atomic E-state index is 13.9. The molecule has 52 heavy (non-hydrogen) atoms. The van der Waals surface area contributed by atoms with E-state index >= 15 is 0 Å². The molecule has 0 saturated carbocycles. The second-order valence-electron chi connectivity index (χ2n) is 14.4. The van der Waals surface area contributed by atoms with E-state index in [1.807, 2.05) is 81.7 Å². The number of carbonyl (C=O) groups is 5. The molecule has 0 spiro atoms. The van der Waals surface area contributed by atoms with Crippen LogP contribution in [-0.2, 0) is 43.5 Å². The average Bonchev–Trinajstić information content (AvgIpc) is 3.72. The van der Waals surface area contributed by atoms with Crippen molar-refractivity contribution in [2.24, 2.45) is 16.9 Å². The molecule has 0 bridgehead atoms. The van der Waals surface area contributed by atoms with Crippen LogP contribution in [0.15, 0.2) is 54.0 Å². The van der Waals surface area contributed by atoms with Crippen molar-refractivity contribution in [2.75, 3.05) is 6.54 Å². The van der Waals surface area contributed by atoms with Gasteiger partial charge in [0.1, 0.15) is 12.1 Å². The number of hydrogen-bond acceptors (Lipinski definition) is 9. The normalized spacial score (nSPS) is 16.9. The molecule has 2 aromatic carbocycles. The first-order valence-corrected chi connectivity index (χ1v) is 18.4. The lowest BCUT2D eigenvalue weighted by Gasteiger charge is -2.35. The number of thiazole rings is 1. The summed E-state index contributed by atoms with van der Waals surface area (Å²) in [5.41, 5.74) is 16.9. The molecule has 14 heteroatoms. The predicted molar refractivity (Wildman–Crippen MR) is 199 cm³/mol. The molecule has 1 fully saturated rings. The number of aliphatic hydroxyl groups is 1. The number of β-amino-alcohol motifs (C(OH)–C–C–N with tert-alkyl or cyclic N) is 1. The Labute approximate surface area is 308 Å². The van der Waals surface area contributed by atoms with E-state index in [1.165, 1.54) is 4.90 Å². The summed E-state index contributed by atoms with van der Waals surface area (Å²) in [4.78, 5) is 70.3. The Hall–Kier alpha value is -4.66. The van der Waals surface area contributed by atoms with E-state index in [4.69, 9.17) is 11.5 Å². The second kappa shape index (κ2) is 18.2. The monoisotopic (exact) mass is 733 g/mol. The van der Waals surface area contributed by atoms with E-state index in [0.29, 0.717) is 12.8 Å². The average molecular weight is 734 g/mol. The Morgan fingerprint density at radius 3 is 2.17 bits per heavy atom. The van der Waals surface area contributed by atoms with Gasteiger partial charge in [0.25, 0.3) is 0 Å². The Kier molecular flexibility index (Phi) is 14.0. The number of amides is 5. The fourth-order valence-corrected chi connectivity index (χ4v) is 6.85. The number of aromatic nitrogens is 1. The molecule has 13 nitrogen and oxygen atoms in total. The first-order chi connectivity index (χ1) is 24.6. The van der Waals surface area contributed by atoms with E-state index in [9.17, 15) is 29.1 Å². The number of rotatable bonds is 16. The molecule has 5 amide bonds. The molecule has 1 aliphatic heterocycles. The van der Waals surface area contributed by atoms with Crippen molar-refractivity contribution in [3.63, 3.8) is 0 Å². The van der Waals surface area contributed by atoms with Crippen LogP contribution in [0.2, 0.25) is 0 Å². The van der Waals surface area contributed by atoms with Gasteiger partial charge >= 0.3 is 0 Å². The maximum atomic E-state index is 13.9. The zero-order valence-corrected chi connectivity index (χ0v) is 31.1. The number of likely N-dealkylation sites (tertiary alicyclic amines) is 1. The van der Waals surface area contributed by atoms with Crippen molar-refractivity contribution in [2.45, 2.75) is 104 Å². The van der Waals surface area contributed by atoms with Gasteiger partial charge in [0.2, 0.25) is 29.5 Å². The number of nitrogens with zero attached hydrogens (tertiary/aromatic N) is 2. The lowest BCUT2D eigenvalue weighted by molar-refractivity contribution is -0.144. The lowest BCUT2D eigenvalue weighted by Crippen LogP contribution is -2.57. The van der Waals surface area contributed by atoms with E-state index < -0.39 is 41.5 Å². The Balaban J connectivity index is 1.26. The Morgan fingerprint density at radius 2 is 1.58 bits per heavy atom. The summed E-state index contributed by atoms with van der Waals surface area (Å²) in [6.07, 6.45) is 0.841. The van der Waals surface area contributed by atoms with Crippen LogP contribution in [0, 0.1) is 12.3 Å². The SMILES string of the molecule is Cc1ncsc1-c1ccc(CNC(=O)[C@@H]2C[C@@H](O)CN2C(=O)[C@@H](NC(=O)CCCc2ccc(CNC(=O)[C@@H](N)CCC(N)=O)cc2)C(C)(C)C)cc1. The highest BCUT2D eigenvalue weighted by molar-refractivity contribution is 7.13. The number of nitrogens with two attached hydrogens (primary N) is 2. The van der Waals surface area contributed by atoms with Gasteiger partial charge in [-0.1, -0.05) is 69.3 Å². The number of primary amides is 1. The second-order valence-corrected chi connectivity index (χ2v) is 15.3. The minimum atomic E-state index is -0.901. The number of nitrogens with one attached hydrogen (secondary N) is 3. The molecule has 8 N–H and O–H groups in total. The van der Waals surface area contributed by atoms with Gasteiger partial charge in [-0.05, 0) is 53.9 Å². The van der Waals surface area contributed by atoms with Gasteiger partial charge in [-0.3, -0.25) is 24.0 Å². The van der Waals surface area contributed by atoms with Gasteiger partial charge in [-0.15, -0.1) is 11.3 Å². The third-order valence-corrected chi connectivity index (χ3v) is 10.1. The first kappa shape index (κ1) is 40.1. The van der Waals surface area contributed by atoms with Gasteiger partial charge < -0.3 is 37.4 Å². The summed E-state index contributed by atoms with van der Waals surface area (Å²) >= 11 is 1.57. The molecule has 3 aromatic rings. The van der Waals surface area contributed by atoms with Crippen LogP contribution in [-0.4, -0.2) is 75.3 Å². The largest absolute Gasteiger partial charge is 0.391 e. The zero-order chi connectivity index (χ0) is 38.0. The van der Waals surface area contributed by atoms with E-state index in [2.05, 4.69) is 20.9 Å². The number of aliphatic hydroxyl groups excluding tert-OH is 1. The number of hydrogen-bond donors (Lipinski definition) is 6. The predicted octanol–water partition coefficient (Wildman–Crippen LogP) is 2.46. The molecule has 1 aliphatic rings. The van der Waals surface area contributed by atoms with Crippen molar-refractivity contribution in [3.05, 3.63) is 76.4 Å². The maximum Gasteiger partial charge on any atom is 0.246 e. The molecular weight excluding hydrogens is 683 g/mol. The van der Waals surface area contributed by atoms with Gasteiger partial charge in [-0.2, -0.15) is 0 Å². The smallest absolute Gasteiger partial charge is 0.246 e. The minimum Gasteiger partial charge on any atom is -0.391 e. The van der Waals surface area contributed by atoms with Gasteiger partial charge in [0.05, 0.1) is 28.2 Å². The third-order valence-electron chi connectivity index (χ3n) is 9.11. The van der Waals surface area contributed by atoms with Crippen molar-refractivity contribution in [1.82, 2.24) is 25.8 Å². The third kappa shape index (κ3) is 11.4. The molecule has 0 unspecified atom stereocenters. The van der Waals surface area contributed by atoms with Crippen LogP contribution < -0.4 is 27.4 Å². The molecule has 280 valence electrons. The topological polar surface area (TPSA) is 210 Å². The van der Waals surface area contributed by atoms with E-state index in [0.717, 1.165) is 32.8 Å². The summed E-state index contributed by atoms with van der Waals surface area (Å²) in [6, 6.07) is 12.9. The van der Waals surface area contributed by atoms with Gasteiger partial charge in [0, 0.05) is 38.9 Å². The summed E-state index contributed by atoms with van der Waals surface area (Å²) in [7, 11) is 0. The molecule has 0 radical (unpaired) electrons. The standard InChI is InChI=1S/C38H51N7O6S/c1-23-33(52-22-43-23)27-14-12-26(13-15-27)20-42-36(50)30-18-28(46)21-45(30)37(51)34(38(2,3)4)44-32(48)7-5-6-24-8-10-25(11-9-24)19-41-35(49)29(39)16-17-31(40)47/h8-15,22,28-30,34,46H,5-7,16-21,39H2,1-4H3,(H2,40,47)(H,41,49)(H,42,50)(H,44,48)/t28-,29+,30+,34-/m1/s1. The Bertz CT molecular complexity index is 1700. The fraction of sp³-hybridized carbons (Fsp3) is 0.474. The fourth-order valence-electron chi connectivity index (χ4n) is 6.04. The van der Waals surface area contributed by atoms with Crippen molar-refractivity contribution in [1.29, 1.82) is 0 Å². The zero-order valence-electron chi connectivity index (χ0n) is 30.3. The van der Waals surface area contributed by atoms with Crippen LogP contribution in [0.4, 0.5) is 0 Å². The molecule has 1 saturated heterocycles. The first-order valence-electron chi connectivity index (χ1n) is 17.6. The molecule has 4 atom stereocenters. The van der Waals surface area contributed by atoms with E-state index in [-0.39, 0.29) is 63.0 Å². The molecular formula is C38H51N7O6S. The van der Waals surface area contributed by atoms with Crippen LogP contribution in [0.3, 0.4) is 0 Å². The quantitative estimate of drug-likeness (QED) is 0.129. The summed E-state index contributed by atoms with van der Waals surface area (Å²) in [6.45, 7) is 8.08. The summed E-state index contributed by atoms with van der Waals surface area (Å²) in [5, 5.41) is 19.1. The molecule has 1 aromatic heterocycles. The van der Waals surface area contributed by atoms with Crippen LogP contribution in [0.25, 0.3) is 10.4 Å². The van der Waals surface area contributed by atoms with Crippen molar-refractivity contribution >= 4 is 40.9 Å². The number of aryl methyl sites for hydroxylation is 2. The van der Waals surface area contributed by atoms with Crippen LogP contribution in [0.1, 0.15) is 75.3 Å². The van der Waals surface area contributed by atoms with Gasteiger partial charge in [-0.25, -0.2) is 4.98 Å². The van der Waals surface area contributed by atoms with Crippen LogP contribution >= 0.6 is 11.3 Å². The minimum absolute atomic E-state index is 0.00401. The molecule has 4 rings (SSSR count). The lowest BCUT2D eigenvalue weighted by atomic mass is 9.85. The van der Waals surface area contributed by atoms with Gasteiger partial charge in [0.15, 0.2) is 0 Å². The highest BCUT2D eigenvalue weighted by atomic mass is 32.1. The van der Waals surface area contributed by atoms with E-state index in [1.54, 1.807) is 11.3 Å². The highest BCUT2D eigenvalue weighted by Gasteiger charge is 2.44. The van der Waals surface area contributed by atoms with Crippen molar-refractivity contribution in [3.8, 4) is 10.4 Å². The van der Waals surface area contributed by atoms with Crippen molar-refractivity contribution < 1.29 is 29.1 Å². The summed E-state index contributed by atoms with van der Waals surface area (Å²) in [5.74, 6) is -1.91. The number of benzene rings is 2. The summed E-state index contributed by atoms with van der Waals surface area (Å²) < 4.78 is 0. The Morgan fingerprint density at radius 1 is 0.962 bits per heavy atom. The number of carbonyl (C=O) groups excluding carboxylic acids is 5. The van der Waals surface area contributed by atoms with Crippen LogP contribution in [0.5, 0.6) is 0 Å². The molecule has 0 aliphatic carbocycles. The molecule has 2 heterocycles. The highest BCUT2D eigenvalue weighted by Crippen LogP contribution is 2.28.